The predicted molar refractivity (Wildman–Crippen MR) is 84.7 cm³/mol. The minimum absolute atomic E-state index is 0.131. The molecule has 0 spiro atoms. The Kier molecular flexibility index (Phi) is 5.41. The fraction of sp³-hybridized carbons (Fsp3) is 0.625. The molecular formula is C16H22F3NO2S. The third kappa shape index (κ3) is 4.94. The Morgan fingerprint density at radius 3 is 2.61 bits per heavy atom. The van der Waals surface area contributed by atoms with Gasteiger partial charge in [-0.2, -0.15) is 13.2 Å². The highest BCUT2D eigenvalue weighted by atomic mass is 32.2. The van der Waals surface area contributed by atoms with Crippen LogP contribution in [0.1, 0.15) is 50.8 Å². The molecule has 0 amide bonds. The van der Waals surface area contributed by atoms with E-state index in [9.17, 15) is 17.4 Å². The number of alkyl halides is 3. The van der Waals surface area contributed by atoms with Crippen molar-refractivity contribution in [3.8, 4) is 5.75 Å². The zero-order valence-electron chi connectivity index (χ0n) is 13.5. The molecule has 0 fully saturated rings. The highest BCUT2D eigenvalue weighted by molar-refractivity contribution is 7.84. The number of halogens is 3. The topological polar surface area (TPSA) is 38.3 Å². The maximum Gasteiger partial charge on any atom is 0.422 e. The van der Waals surface area contributed by atoms with E-state index in [1.54, 1.807) is 12.1 Å². The summed E-state index contributed by atoms with van der Waals surface area (Å²) in [5.74, 6) is 0.271. The van der Waals surface area contributed by atoms with Gasteiger partial charge in [0.25, 0.3) is 0 Å². The molecule has 1 aliphatic carbocycles. The van der Waals surface area contributed by atoms with Crippen LogP contribution in [0.2, 0.25) is 0 Å². The maximum absolute atomic E-state index is 12.4. The van der Waals surface area contributed by atoms with Crippen molar-refractivity contribution in [2.75, 3.05) is 6.61 Å². The molecule has 0 aliphatic heterocycles. The summed E-state index contributed by atoms with van der Waals surface area (Å²) in [5, 5.41) is 0. The van der Waals surface area contributed by atoms with Crippen molar-refractivity contribution < 1.29 is 22.1 Å². The average Bonchev–Trinajstić information content (AvgIpc) is 2.43. The molecule has 2 rings (SSSR count). The van der Waals surface area contributed by atoms with Crippen LogP contribution in [0.15, 0.2) is 18.2 Å². The van der Waals surface area contributed by atoms with E-state index in [4.69, 9.17) is 4.74 Å². The van der Waals surface area contributed by atoms with E-state index < -0.39 is 28.5 Å². The lowest BCUT2D eigenvalue weighted by Crippen LogP contribution is -2.37. The van der Waals surface area contributed by atoms with E-state index in [-0.39, 0.29) is 11.8 Å². The fourth-order valence-corrected chi connectivity index (χ4v) is 3.40. The molecule has 1 N–H and O–H groups in total. The van der Waals surface area contributed by atoms with Crippen LogP contribution in [0.5, 0.6) is 5.75 Å². The van der Waals surface area contributed by atoms with E-state index in [1.165, 1.54) is 0 Å². The van der Waals surface area contributed by atoms with Crippen LogP contribution in [0.4, 0.5) is 13.2 Å². The van der Waals surface area contributed by atoms with Crippen LogP contribution in [0.25, 0.3) is 0 Å². The summed E-state index contributed by atoms with van der Waals surface area (Å²) in [7, 11) is -1.24. The molecule has 0 saturated carbocycles. The maximum atomic E-state index is 12.4. The molecule has 0 radical (unpaired) electrons. The molecule has 130 valence electrons. The first-order chi connectivity index (χ1) is 10.6. The quantitative estimate of drug-likeness (QED) is 0.890. The highest BCUT2D eigenvalue weighted by Crippen LogP contribution is 2.36. The molecule has 1 aromatic rings. The van der Waals surface area contributed by atoms with Gasteiger partial charge < -0.3 is 4.74 Å². The molecule has 0 saturated heterocycles. The van der Waals surface area contributed by atoms with E-state index in [0.29, 0.717) is 6.42 Å². The van der Waals surface area contributed by atoms with Gasteiger partial charge in [0, 0.05) is 6.04 Å². The monoisotopic (exact) mass is 349 g/mol. The number of nitrogens with one attached hydrogen (secondary N) is 1. The molecule has 0 heterocycles. The van der Waals surface area contributed by atoms with Gasteiger partial charge in [0.2, 0.25) is 0 Å². The van der Waals surface area contributed by atoms with Gasteiger partial charge in [-0.05, 0) is 57.2 Å². The van der Waals surface area contributed by atoms with E-state index in [2.05, 4.69) is 4.72 Å². The molecule has 3 nitrogen and oxygen atoms in total. The van der Waals surface area contributed by atoms with Crippen molar-refractivity contribution in [2.24, 2.45) is 0 Å². The van der Waals surface area contributed by atoms with Gasteiger partial charge in [0.1, 0.15) is 5.75 Å². The first-order valence-electron chi connectivity index (χ1n) is 7.57. The number of hydrogen-bond acceptors (Lipinski definition) is 2. The predicted octanol–water partition coefficient (Wildman–Crippen LogP) is 4.06. The van der Waals surface area contributed by atoms with Gasteiger partial charge in [-0.1, -0.05) is 12.1 Å². The van der Waals surface area contributed by atoms with Crippen molar-refractivity contribution in [2.45, 2.75) is 57.0 Å². The smallest absolute Gasteiger partial charge is 0.422 e. The van der Waals surface area contributed by atoms with Gasteiger partial charge in [-0.3, -0.25) is 0 Å². The average molecular weight is 349 g/mol. The Morgan fingerprint density at radius 1 is 1.30 bits per heavy atom. The molecule has 7 heteroatoms. The van der Waals surface area contributed by atoms with E-state index >= 15 is 0 Å². The van der Waals surface area contributed by atoms with Crippen molar-refractivity contribution in [3.63, 3.8) is 0 Å². The Labute approximate surface area is 137 Å². The second kappa shape index (κ2) is 6.81. The lowest BCUT2D eigenvalue weighted by atomic mass is 9.87. The Bertz CT molecular complexity index is 582. The van der Waals surface area contributed by atoms with Crippen molar-refractivity contribution in [1.82, 2.24) is 4.72 Å². The first-order valence-corrected chi connectivity index (χ1v) is 8.72. The fourth-order valence-electron chi connectivity index (χ4n) is 2.54. The first kappa shape index (κ1) is 18.3. The molecule has 1 aromatic carbocycles. The minimum atomic E-state index is -4.36. The van der Waals surface area contributed by atoms with E-state index in [0.717, 1.165) is 24.0 Å². The van der Waals surface area contributed by atoms with Gasteiger partial charge >= 0.3 is 6.18 Å². The Morgan fingerprint density at radius 2 is 2.00 bits per heavy atom. The van der Waals surface area contributed by atoms with Gasteiger partial charge in [-0.15, -0.1) is 0 Å². The number of benzene rings is 1. The van der Waals surface area contributed by atoms with Crippen molar-refractivity contribution in [1.29, 1.82) is 0 Å². The summed E-state index contributed by atoms with van der Waals surface area (Å²) < 4.78 is 57.1. The number of fused-ring (bicyclic) bond motifs is 1. The van der Waals surface area contributed by atoms with Crippen LogP contribution < -0.4 is 9.46 Å². The SMILES string of the molecule is CC(C)(C)S(=O)N[C@@H]1CCCc2c(OCC(F)(F)F)cccc21. The zero-order chi connectivity index (χ0) is 17.3. The second-order valence-electron chi connectivity index (χ2n) is 6.67. The van der Waals surface area contributed by atoms with E-state index in [1.807, 2.05) is 26.8 Å². The molecular weight excluding hydrogens is 327 g/mol. The number of rotatable bonds is 4. The van der Waals surface area contributed by atoms with Gasteiger partial charge in [0.15, 0.2) is 6.61 Å². The second-order valence-corrected chi connectivity index (χ2v) is 8.67. The van der Waals surface area contributed by atoms with Gasteiger partial charge in [0.05, 0.1) is 15.7 Å². The molecule has 1 aliphatic rings. The number of hydrogen-bond donors (Lipinski definition) is 1. The summed E-state index contributed by atoms with van der Waals surface area (Å²) in [6.07, 6.45) is -2.07. The van der Waals surface area contributed by atoms with Crippen LogP contribution in [-0.2, 0) is 17.4 Å². The minimum Gasteiger partial charge on any atom is -0.484 e. The standard InChI is InChI=1S/C16H22F3NO2S/c1-15(2,3)23(21)20-13-8-4-7-12-11(13)6-5-9-14(12)22-10-16(17,18)19/h5-6,9,13,20H,4,7-8,10H2,1-3H3/t13-,23?/m1/s1. The summed E-state index contributed by atoms with van der Waals surface area (Å²) in [5.41, 5.74) is 1.67. The lowest BCUT2D eigenvalue weighted by Gasteiger charge is -2.30. The molecule has 0 aromatic heterocycles. The van der Waals surface area contributed by atoms with Crippen LogP contribution in [-0.4, -0.2) is 21.7 Å². The summed E-state index contributed by atoms with van der Waals surface area (Å²) in [6.45, 7) is 4.34. The molecule has 23 heavy (non-hydrogen) atoms. The summed E-state index contributed by atoms with van der Waals surface area (Å²) in [4.78, 5) is 0. The normalized spacial score (nSPS) is 20.0. The van der Waals surface area contributed by atoms with Crippen LogP contribution in [0.3, 0.4) is 0 Å². The largest absolute Gasteiger partial charge is 0.484 e. The third-order valence-electron chi connectivity index (χ3n) is 3.66. The molecule has 0 bridgehead atoms. The summed E-state index contributed by atoms with van der Waals surface area (Å²) >= 11 is 0. The summed E-state index contributed by atoms with van der Waals surface area (Å²) in [6, 6.07) is 4.98. The number of ether oxygens (including phenoxy) is 1. The van der Waals surface area contributed by atoms with Crippen molar-refractivity contribution >= 4 is 11.0 Å². The molecule has 1 unspecified atom stereocenters. The third-order valence-corrected chi connectivity index (χ3v) is 5.27. The van der Waals surface area contributed by atoms with Crippen LogP contribution in [0, 0.1) is 0 Å². The zero-order valence-corrected chi connectivity index (χ0v) is 14.3. The highest BCUT2D eigenvalue weighted by Gasteiger charge is 2.31. The van der Waals surface area contributed by atoms with Gasteiger partial charge in [-0.25, -0.2) is 8.93 Å². The van der Waals surface area contributed by atoms with Crippen molar-refractivity contribution in [3.05, 3.63) is 29.3 Å². The van der Waals surface area contributed by atoms with Crippen LogP contribution >= 0.6 is 0 Å². The Balaban J connectivity index is 2.21. The lowest BCUT2D eigenvalue weighted by molar-refractivity contribution is -0.153. The molecule has 2 atom stereocenters. The Hall–Kier alpha value is -1.08.